The van der Waals surface area contributed by atoms with Crippen molar-refractivity contribution in [1.29, 1.82) is 0 Å². The molecule has 1 aliphatic rings. The number of carbonyl (C=O) groups excluding carboxylic acids is 1. The van der Waals surface area contributed by atoms with Gasteiger partial charge in [-0.15, -0.1) is 0 Å². The zero-order chi connectivity index (χ0) is 14.7. The molecule has 4 heteroatoms. The summed E-state index contributed by atoms with van der Waals surface area (Å²) in [6, 6.07) is 11.4. The van der Waals surface area contributed by atoms with Crippen LogP contribution in [0.25, 0.3) is 5.69 Å². The number of hydrogen-bond donors (Lipinski definition) is 1. The van der Waals surface area contributed by atoms with Crippen molar-refractivity contribution in [3.8, 4) is 5.69 Å². The molecule has 1 aromatic carbocycles. The monoisotopic (exact) mass is 279 g/mol. The van der Waals surface area contributed by atoms with Crippen molar-refractivity contribution in [3.63, 3.8) is 0 Å². The van der Waals surface area contributed by atoms with E-state index >= 15 is 0 Å². The first-order valence-electron chi connectivity index (χ1n) is 7.00. The van der Waals surface area contributed by atoms with E-state index in [1.54, 1.807) is 6.07 Å². The lowest BCUT2D eigenvalue weighted by Gasteiger charge is -2.09. The second-order valence-corrected chi connectivity index (χ2v) is 5.14. The summed E-state index contributed by atoms with van der Waals surface area (Å²) in [6.07, 6.45) is 7.78. The molecule has 0 saturated heterocycles. The zero-order valence-corrected chi connectivity index (χ0v) is 11.9. The minimum Gasteiger partial charge on any atom is -0.323 e. The average Bonchev–Trinajstić information content (AvgIpc) is 3.16. The molecule has 1 aromatic heterocycles. The van der Waals surface area contributed by atoms with E-state index in [1.807, 2.05) is 53.4 Å². The number of carbonyl (C=O) groups is 1. The third-order valence-corrected chi connectivity index (χ3v) is 3.52. The van der Waals surface area contributed by atoms with E-state index in [4.69, 9.17) is 0 Å². The Hall–Kier alpha value is -2.62. The molecule has 0 saturated carbocycles. The number of rotatable bonds is 3. The summed E-state index contributed by atoms with van der Waals surface area (Å²) in [6.45, 7) is 2.08. The molecule has 0 bridgehead atoms. The van der Waals surface area contributed by atoms with Gasteiger partial charge in [-0.1, -0.05) is 17.7 Å². The molecule has 0 radical (unpaired) electrons. The Bertz CT molecular complexity index is 711. The van der Waals surface area contributed by atoms with Crippen molar-refractivity contribution in [2.45, 2.75) is 19.8 Å². The molecule has 1 amide bonds. The predicted molar refractivity (Wildman–Crippen MR) is 83.7 cm³/mol. The highest BCUT2D eigenvalue weighted by molar-refractivity contribution is 6.01. The maximum absolute atomic E-state index is 12.3. The van der Waals surface area contributed by atoms with Crippen LogP contribution in [0, 0.1) is 0 Å². The van der Waals surface area contributed by atoms with Crippen molar-refractivity contribution in [2.24, 2.45) is 5.10 Å². The van der Waals surface area contributed by atoms with Gasteiger partial charge < -0.3 is 4.57 Å². The third-order valence-electron chi connectivity index (χ3n) is 3.52. The molecular weight excluding hydrogens is 262 g/mol. The lowest BCUT2D eigenvalue weighted by molar-refractivity contribution is 0.0955. The summed E-state index contributed by atoms with van der Waals surface area (Å²) in [4.78, 5) is 12.3. The van der Waals surface area contributed by atoms with Crippen LogP contribution in [0.2, 0.25) is 0 Å². The molecule has 21 heavy (non-hydrogen) atoms. The number of nitrogens with zero attached hydrogens (tertiary/aromatic N) is 2. The topological polar surface area (TPSA) is 46.4 Å². The Morgan fingerprint density at radius 1 is 1.14 bits per heavy atom. The van der Waals surface area contributed by atoms with E-state index < -0.39 is 0 Å². The van der Waals surface area contributed by atoms with Gasteiger partial charge in [0.25, 0.3) is 5.91 Å². The Morgan fingerprint density at radius 2 is 1.90 bits per heavy atom. The number of amides is 1. The van der Waals surface area contributed by atoms with Gasteiger partial charge in [0, 0.05) is 12.4 Å². The van der Waals surface area contributed by atoms with Gasteiger partial charge in [0.2, 0.25) is 0 Å². The molecule has 3 rings (SSSR count). The lowest BCUT2D eigenvalue weighted by Crippen LogP contribution is -2.20. The maximum atomic E-state index is 12.3. The van der Waals surface area contributed by atoms with Gasteiger partial charge in [-0.05, 0) is 50.1 Å². The van der Waals surface area contributed by atoms with Gasteiger partial charge in [0.1, 0.15) is 0 Å². The molecule has 0 unspecified atom stereocenters. The summed E-state index contributed by atoms with van der Waals surface area (Å²) in [7, 11) is 0. The standard InChI is InChI=1S/C17H17N3O/c1-13-8-9-14(12-13)18-19-17(21)15-6-2-3-7-16(15)20-10-4-5-11-20/h2-7,10-12H,8-9H2,1H3,(H,19,21)/b18-14-. The number of allylic oxidation sites excluding steroid dienone is 2. The van der Waals surface area contributed by atoms with Gasteiger partial charge in [-0.25, -0.2) is 5.43 Å². The molecule has 1 N–H and O–H groups in total. The summed E-state index contributed by atoms with van der Waals surface area (Å²) >= 11 is 0. The Labute approximate surface area is 123 Å². The number of benzene rings is 1. The van der Waals surface area contributed by atoms with Gasteiger partial charge in [-0.3, -0.25) is 4.79 Å². The van der Waals surface area contributed by atoms with E-state index in [0.717, 1.165) is 24.2 Å². The predicted octanol–water partition coefficient (Wildman–Crippen LogP) is 3.30. The number of aromatic nitrogens is 1. The minimum absolute atomic E-state index is 0.190. The van der Waals surface area contributed by atoms with Gasteiger partial charge in [0.05, 0.1) is 17.0 Å². The maximum Gasteiger partial charge on any atom is 0.273 e. The van der Waals surface area contributed by atoms with E-state index in [0.29, 0.717) is 5.56 Å². The number of hydrogen-bond acceptors (Lipinski definition) is 2. The van der Waals surface area contributed by atoms with Crippen LogP contribution in [0.5, 0.6) is 0 Å². The fraction of sp³-hybridized carbons (Fsp3) is 0.176. The van der Waals surface area contributed by atoms with Crippen LogP contribution in [-0.2, 0) is 0 Å². The summed E-state index contributed by atoms with van der Waals surface area (Å²) < 4.78 is 1.92. The average molecular weight is 279 g/mol. The fourth-order valence-electron chi connectivity index (χ4n) is 2.41. The lowest BCUT2D eigenvalue weighted by atomic mass is 10.1. The Kier molecular flexibility index (Phi) is 3.69. The highest BCUT2D eigenvalue weighted by Gasteiger charge is 2.12. The normalized spacial score (nSPS) is 16.0. The Morgan fingerprint density at radius 3 is 2.62 bits per heavy atom. The van der Waals surface area contributed by atoms with Gasteiger partial charge >= 0.3 is 0 Å². The zero-order valence-electron chi connectivity index (χ0n) is 11.9. The van der Waals surface area contributed by atoms with Gasteiger partial charge in [0.15, 0.2) is 0 Å². The molecular formula is C17H17N3O. The molecule has 106 valence electrons. The minimum atomic E-state index is -0.190. The number of nitrogens with one attached hydrogen (secondary N) is 1. The van der Waals surface area contributed by atoms with Crippen molar-refractivity contribution in [3.05, 3.63) is 66.0 Å². The molecule has 0 atom stereocenters. The highest BCUT2D eigenvalue weighted by Crippen LogP contribution is 2.16. The summed E-state index contributed by atoms with van der Waals surface area (Å²) in [5.41, 5.74) is 6.34. The second-order valence-electron chi connectivity index (χ2n) is 5.14. The number of hydrazone groups is 1. The first-order valence-corrected chi connectivity index (χ1v) is 7.00. The SMILES string of the molecule is CC1=C/C(=N\NC(=O)c2ccccc2-n2cccc2)CC1. The summed E-state index contributed by atoms with van der Waals surface area (Å²) in [5, 5.41) is 4.20. The van der Waals surface area contributed by atoms with Crippen LogP contribution in [-0.4, -0.2) is 16.2 Å². The quantitative estimate of drug-likeness (QED) is 0.861. The van der Waals surface area contributed by atoms with Crippen LogP contribution < -0.4 is 5.43 Å². The second kappa shape index (κ2) is 5.79. The molecule has 1 aliphatic carbocycles. The molecule has 4 nitrogen and oxygen atoms in total. The van der Waals surface area contributed by atoms with E-state index in [1.165, 1.54) is 5.57 Å². The van der Waals surface area contributed by atoms with Crippen LogP contribution in [0.3, 0.4) is 0 Å². The van der Waals surface area contributed by atoms with E-state index in [2.05, 4.69) is 17.5 Å². The molecule has 2 aromatic rings. The van der Waals surface area contributed by atoms with Crippen LogP contribution >= 0.6 is 0 Å². The van der Waals surface area contributed by atoms with Crippen molar-refractivity contribution < 1.29 is 4.79 Å². The van der Waals surface area contributed by atoms with Crippen molar-refractivity contribution in [2.75, 3.05) is 0 Å². The third kappa shape index (κ3) is 2.94. The molecule has 0 fully saturated rings. The largest absolute Gasteiger partial charge is 0.323 e. The highest BCUT2D eigenvalue weighted by atomic mass is 16.2. The first-order chi connectivity index (χ1) is 10.2. The first kappa shape index (κ1) is 13.4. The van der Waals surface area contributed by atoms with Crippen molar-refractivity contribution in [1.82, 2.24) is 9.99 Å². The van der Waals surface area contributed by atoms with E-state index in [9.17, 15) is 4.79 Å². The van der Waals surface area contributed by atoms with E-state index in [-0.39, 0.29) is 5.91 Å². The smallest absolute Gasteiger partial charge is 0.273 e. The summed E-state index contributed by atoms with van der Waals surface area (Å²) in [5.74, 6) is -0.190. The molecule has 0 spiro atoms. The van der Waals surface area contributed by atoms with Gasteiger partial charge in [-0.2, -0.15) is 5.10 Å². The fourth-order valence-corrected chi connectivity index (χ4v) is 2.41. The van der Waals surface area contributed by atoms with Crippen molar-refractivity contribution >= 4 is 11.6 Å². The molecule has 0 aliphatic heterocycles. The van der Waals surface area contributed by atoms with Crippen LogP contribution in [0.15, 0.2) is 65.5 Å². The van der Waals surface area contributed by atoms with Crippen LogP contribution in [0.4, 0.5) is 0 Å². The Balaban J connectivity index is 1.83. The molecule has 1 heterocycles. The number of para-hydroxylation sites is 1. The van der Waals surface area contributed by atoms with Crippen LogP contribution in [0.1, 0.15) is 30.1 Å².